The van der Waals surface area contributed by atoms with Crippen LogP contribution in [0.2, 0.25) is 10.0 Å². The monoisotopic (exact) mass is 687 g/mol. The number of thioether (sulfide) groups is 1. The number of aliphatic hydroxyl groups excluding tert-OH is 1. The number of carboxylic acids is 1. The molecule has 46 heavy (non-hydrogen) atoms. The molecule has 0 aromatic heterocycles. The Morgan fingerprint density at radius 3 is 2.20 bits per heavy atom. The van der Waals surface area contributed by atoms with Crippen molar-refractivity contribution in [2.24, 2.45) is 11.7 Å². The minimum absolute atomic E-state index is 0.0529. The second-order valence-electron chi connectivity index (χ2n) is 10.9. The van der Waals surface area contributed by atoms with Gasteiger partial charge in [-0.25, -0.2) is 0 Å². The highest BCUT2D eigenvalue weighted by Crippen LogP contribution is 2.46. The van der Waals surface area contributed by atoms with Crippen molar-refractivity contribution in [1.29, 1.82) is 0 Å². The second-order valence-corrected chi connectivity index (χ2v) is 12.9. The van der Waals surface area contributed by atoms with E-state index in [1.807, 2.05) is 12.1 Å². The van der Waals surface area contributed by atoms with Crippen LogP contribution in [0.3, 0.4) is 0 Å². The van der Waals surface area contributed by atoms with Crippen LogP contribution in [-0.4, -0.2) is 64.0 Å². The first-order valence-corrected chi connectivity index (χ1v) is 16.4. The average Bonchev–Trinajstić information content (AvgIpc) is 3.05. The van der Waals surface area contributed by atoms with Crippen LogP contribution < -0.4 is 20.7 Å². The summed E-state index contributed by atoms with van der Waals surface area (Å²) in [5, 5.41) is 23.0. The maximum atomic E-state index is 13.4. The molecule has 2 amide bonds. The zero-order chi connectivity index (χ0) is 33.4. The first-order valence-electron chi connectivity index (χ1n) is 14.6. The van der Waals surface area contributed by atoms with E-state index in [1.165, 1.54) is 11.8 Å². The van der Waals surface area contributed by atoms with E-state index in [1.54, 1.807) is 72.5 Å². The standard InChI is InChI=1S/C33H35Cl2N3O7S/c1-2-19(29(36)33(43)44)15-25(39)16-37-28(41)17-45-26-13-5-21(6-14-26)30-31(32(42)38(30)24-11-9-23(35)10-12-24)46-18-27(40)20-3-7-22(34)8-4-20/h3-14,19,27,29-31,40H,2,15-18,36H2,1H3,(H,37,41)(H,43,44)/t19?,27?,29-,30-,31-/m1/s1. The van der Waals surface area contributed by atoms with Crippen molar-refractivity contribution in [2.45, 2.75) is 43.2 Å². The summed E-state index contributed by atoms with van der Waals surface area (Å²) in [7, 11) is 0. The highest BCUT2D eigenvalue weighted by molar-refractivity contribution is 8.00. The van der Waals surface area contributed by atoms with Gasteiger partial charge in [-0.2, -0.15) is 0 Å². The number of nitrogens with two attached hydrogens (primary N) is 1. The van der Waals surface area contributed by atoms with E-state index in [2.05, 4.69) is 5.32 Å². The third-order valence-electron chi connectivity index (χ3n) is 7.72. The number of nitrogens with one attached hydrogen (secondary N) is 1. The largest absolute Gasteiger partial charge is 0.484 e. The molecule has 13 heteroatoms. The number of rotatable bonds is 16. The highest BCUT2D eigenvalue weighted by Gasteiger charge is 2.49. The molecule has 0 radical (unpaired) electrons. The van der Waals surface area contributed by atoms with Crippen LogP contribution >= 0.6 is 35.0 Å². The van der Waals surface area contributed by atoms with Crippen molar-refractivity contribution in [3.63, 3.8) is 0 Å². The molecule has 0 bridgehead atoms. The first kappa shape index (κ1) is 35.2. The van der Waals surface area contributed by atoms with Crippen molar-refractivity contribution in [2.75, 3.05) is 23.8 Å². The molecular formula is C33H35Cl2N3O7S. The number of ketones is 1. The normalized spacial score (nSPS) is 17.8. The van der Waals surface area contributed by atoms with Gasteiger partial charge in [-0.05, 0) is 65.6 Å². The number of hydrogen-bond acceptors (Lipinski definition) is 8. The van der Waals surface area contributed by atoms with Gasteiger partial charge in [-0.1, -0.05) is 60.8 Å². The summed E-state index contributed by atoms with van der Waals surface area (Å²) in [5.41, 5.74) is 7.87. The van der Waals surface area contributed by atoms with Gasteiger partial charge in [0.1, 0.15) is 17.0 Å². The number of amides is 2. The molecule has 10 nitrogen and oxygen atoms in total. The molecule has 0 aliphatic carbocycles. The number of Topliss-reactive ketones (excluding diaryl/α,β-unsaturated/α-hetero) is 1. The lowest BCUT2D eigenvalue weighted by Crippen LogP contribution is -2.57. The highest BCUT2D eigenvalue weighted by atomic mass is 35.5. The fraction of sp³-hybridized carbons (Fsp3) is 0.333. The summed E-state index contributed by atoms with van der Waals surface area (Å²) in [5.74, 6) is -1.92. The quantitative estimate of drug-likeness (QED) is 0.155. The third kappa shape index (κ3) is 9.01. The van der Waals surface area contributed by atoms with Gasteiger partial charge in [0.15, 0.2) is 12.4 Å². The van der Waals surface area contributed by atoms with Gasteiger partial charge in [-0.3, -0.25) is 19.2 Å². The third-order valence-corrected chi connectivity index (χ3v) is 9.55. The summed E-state index contributed by atoms with van der Waals surface area (Å²) in [4.78, 5) is 50.7. The van der Waals surface area contributed by atoms with Crippen molar-refractivity contribution in [3.8, 4) is 5.75 Å². The molecule has 1 heterocycles. The molecule has 5 N–H and O–H groups in total. The first-order chi connectivity index (χ1) is 22.0. The van der Waals surface area contributed by atoms with Gasteiger partial charge in [0.2, 0.25) is 5.91 Å². The summed E-state index contributed by atoms with van der Waals surface area (Å²) in [6, 6.07) is 19.5. The molecule has 2 unspecified atom stereocenters. The Balaban J connectivity index is 1.36. The lowest BCUT2D eigenvalue weighted by Gasteiger charge is -2.47. The lowest BCUT2D eigenvalue weighted by atomic mass is 9.92. The van der Waals surface area contributed by atoms with Crippen LogP contribution in [0.1, 0.15) is 43.0 Å². The number of nitrogens with zero attached hydrogens (tertiary/aromatic N) is 1. The summed E-state index contributed by atoms with van der Waals surface area (Å²) in [6.45, 7) is 1.16. The van der Waals surface area contributed by atoms with E-state index in [0.29, 0.717) is 39.2 Å². The molecule has 0 saturated carbocycles. The number of carboxylic acid groups (broad SMARTS) is 1. The van der Waals surface area contributed by atoms with E-state index < -0.39 is 35.2 Å². The molecule has 1 fully saturated rings. The second kappa shape index (κ2) is 16.3. The predicted molar refractivity (Wildman–Crippen MR) is 178 cm³/mol. The van der Waals surface area contributed by atoms with Gasteiger partial charge in [0.05, 0.1) is 18.7 Å². The molecule has 5 atom stereocenters. The number of aliphatic hydroxyl groups is 1. The molecule has 3 aromatic carbocycles. The van der Waals surface area contributed by atoms with E-state index in [9.17, 15) is 24.3 Å². The van der Waals surface area contributed by atoms with E-state index >= 15 is 0 Å². The van der Waals surface area contributed by atoms with Crippen LogP contribution in [0.25, 0.3) is 0 Å². The number of β-lactam (4-membered cyclic amide) rings is 1. The van der Waals surface area contributed by atoms with Gasteiger partial charge < -0.3 is 30.9 Å². The molecular weight excluding hydrogens is 653 g/mol. The molecule has 244 valence electrons. The number of carbonyl (C=O) groups is 4. The maximum Gasteiger partial charge on any atom is 0.320 e. The van der Waals surface area contributed by atoms with Crippen LogP contribution in [0.5, 0.6) is 5.75 Å². The van der Waals surface area contributed by atoms with Crippen LogP contribution in [0, 0.1) is 5.92 Å². The van der Waals surface area contributed by atoms with Gasteiger partial charge >= 0.3 is 5.97 Å². The smallest absolute Gasteiger partial charge is 0.320 e. The number of hydrogen-bond donors (Lipinski definition) is 4. The summed E-state index contributed by atoms with van der Waals surface area (Å²) >= 11 is 13.4. The molecule has 3 aromatic rings. The number of benzene rings is 3. The molecule has 4 rings (SSSR count). The number of halogens is 2. The molecule has 1 saturated heterocycles. The Labute approximate surface area is 281 Å². The Morgan fingerprint density at radius 2 is 1.61 bits per heavy atom. The zero-order valence-corrected chi connectivity index (χ0v) is 27.3. The topological polar surface area (TPSA) is 159 Å². The Hall–Kier alpha value is -3.61. The van der Waals surface area contributed by atoms with Crippen molar-refractivity contribution in [1.82, 2.24) is 5.32 Å². The van der Waals surface area contributed by atoms with Crippen LogP contribution in [-0.2, 0) is 19.2 Å². The summed E-state index contributed by atoms with van der Waals surface area (Å²) in [6.07, 6.45) is -0.417. The molecule has 1 aliphatic rings. The minimum Gasteiger partial charge on any atom is -0.484 e. The number of aliphatic carboxylic acids is 1. The number of ether oxygens (including phenoxy) is 1. The SMILES string of the molecule is CCC(CC(=O)CNC(=O)COc1ccc([C@@H]2[C@@H](SCC(O)c3ccc(Cl)cc3)C(=O)N2c2ccc(Cl)cc2)cc1)[C@@H](N)C(=O)O. The van der Waals surface area contributed by atoms with E-state index in [0.717, 1.165) is 5.56 Å². The van der Waals surface area contributed by atoms with Crippen molar-refractivity contribution in [3.05, 3.63) is 94.0 Å². The number of anilines is 1. The van der Waals surface area contributed by atoms with Crippen LogP contribution in [0.15, 0.2) is 72.8 Å². The van der Waals surface area contributed by atoms with Crippen molar-refractivity contribution < 1.29 is 34.1 Å². The number of carbonyl (C=O) groups excluding carboxylic acids is 3. The van der Waals surface area contributed by atoms with Crippen molar-refractivity contribution >= 4 is 64.2 Å². The Bertz CT molecular complexity index is 1520. The Kier molecular flexibility index (Phi) is 12.5. The average molecular weight is 689 g/mol. The summed E-state index contributed by atoms with van der Waals surface area (Å²) < 4.78 is 5.60. The fourth-order valence-corrected chi connectivity index (χ4v) is 6.62. The molecule has 1 aliphatic heterocycles. The maximum absolute atomic E-state index is 13.4. The van der Waals surface area contributed by atoms with E-state index in [-0.39, 0.29) is 37.3 Å². The lowest BCUT2D eigenvalue weighted by molar-refractivity contribution is -0.140. The minimum atomic E-state index is -1.17. The van der Waals surface area contributed by atoms with Gasteiger partial charge in [-0.15, -0.1) is 11.8 Å². The van der Waals surface area contributed by atoms with Crippen LogP contribution in [0.4, 0.5) is 5.69 Å². The predicted octanol–water partition coefficient (Wildman–Crippen LogP) is 4.81. The molecule has 0 spiro atoms. The Morgan fingerprint density at radius 1 is 1.00 bits per heavy atom. The van der Waals surface area contributed by atoms with E-state index in [4.69, 9.17) is 38.8 Å². The van der Waals surface area contributed by atoms with Gasteiger partial charge in [0.25, 0.3) is 5.91 Å². The van der Waals surface area contributed by atoms with Gasteiger partial charge in [0, 0.05) is 27.9 Å². The zero-order valence-electron chi connectivity index (χ0n) is 25.0. The fourth-order valence-electron chi connectivity index (χ4n) is 5.06.